The first-order valence-corrected chi connectivity index (χ1v) is 10.0. The number of nitrogens with one attached hydrogen (secondary N) is 2. The van der Waals surface area contributed by atoms with E-state index in [4.69, 9.17) is 28.2 Å². The second-order valence-corrected chi connectivity index (χ2v) is 7.56. The summed E-state index contributed by atoms with van der Waals surface area (Å²) in [6.45, 7) is 1.92. The van der Waals surface area contributed by atoms with Crippen molar-refractivity contribution < 1.29 is 4.92 Å². The number of nitrogens with zero attached hydrogens (tertiary/aromatic N) is 4. The van der Waals surface area contributed by atoms with E-state index < -0.39 is 4.92 Å². The molecule has 31 heavy (non-hydrogen) atoms. The summed E-state index contributed by atoms with van der Waals surface area (Å²) in [4.78, 5) is 26.7. The van der Waals surface area contributed by atoms with Crippen LogP contribution in [0.15, 0.2) is 61.1 Å². The predicted octanol–water partition coefficient (Wildman–Crippen LogP) is 5.92. The molecule has 1 unspecified atom stereocenters. The van der Waals surface area contributed by atoms with Gasteiger partial charge in [0.15, 0.2) is 0 Å². The Kier molecular flexibility index (Phi) is 5.83. The zero-order valence-electron chi connectivity index (χ0n) is 16.2. The molecular formula is C21H16Cl2N6O2. The Hall–Kier alpha value is -3.49. The lowest BCUT2D eigenvalue weighted by molar-refractivity contribution is -0.385. The summed E-state index contributed by atoms with van der Waals surface area (Å²) in [5, 5.41) is 15.0. The number of aromatic amines is 1. The van der Waals surface area contributed by atoms with Crippen LogP contribution in [-0.2, 0) is 0 Å². The van der Waals surface area contributed by atoms with E-state index in [1.54, 1.807) is 30.6 Å². The van der Waals surface area contributed by atoms with Gasteiger partial charge < -0.3 is 10.3 Å². The average Bonchev–Trinajstić information content (AvgIpc) is 3.28. The van der Waals surface area contributed by atoms with Crippen LogP contribution >= 0.6 is 23.2 Å². The third-order valence-corrected chi connectivity index (χ3v) is 5.17. The number of imidazole rings is 1. The van der Waals surface area contributed by atoms with Crippen LogP contribution in [0.4, 0.5) is 11.5 Å². The first-order chi connectivity index (χ1) is 14.9. The topological polar surface area (TPSA) is 110 Å². The molecule has 0 fully saturated rings. The molecule has 1 aromatic carbocycles. The summed E-state index contributed by atoms with van der Waals surface area (Å²) in [7, 11) is 0. The SMILES string of the molecule is CC(Nc1ccc([N+](=O)[O-])cn1)c1ccc(-c2ncc[nH]2)c(-c2ccc(Cl)cc2Cl)n1. The van der Waals surface area contributed by atoms with Gasteiger partial charge in [-0.1, -0.05) is 23.2 Å². The lowest BCUT2D eigenvalue weighted by atomic mass is 10.0. The van der Waals surface area contributed by atoms with Crippen LogP contribution in [0.1, 0.15) is 18.7 Å². The quantitative estimate of drug-likeness (QED) is 0.276. The van der Waals surface area contributed by atoms with Crippen LogP contribution in [0.5, 0.6) is 0 Å². The Morgan fingerprint density at radius 1 is 1.10 bits per heavy atom. The lowest BCUT2D eigenvalue weighted by Gasteiger charge is -2.17. The molecule has 0 radical (unpaired) electrons. The van der Waals surface area contributed by atoms with Crippen molar-refractivity contribution in [2.75, 3.05) is 5.32 Å². The van der Waals surface area contributed by atoms with E-state index in [1.807, 2.05) is 25.1 Å². The van der Waals surface area contributed by atoms with Gasteiger partial charge in [-0.25, -0.2) is 15.0 Å². The van der Waals surface area contributed by atoms with Gasteiger partial charge in [0.2, 0.25) is 0 Å². The number of rotatable bonds is 6. The molecule has 8 nitrogen and oxygen atoms in total. The smallest absolute Gasteiger partial charge is 0.287 e. The van der Waals surface area contributed by atoms with E-state index in [1.165, 1.54) is 12.3 Å². The van der Waals surface area contributed by atoms with E-state index in [9.17, 15) is 10.1 Å². The van der Waals surface area contributed by atoms with Crippen molar-refractivity contribution in [3.63, 3.8) is 0 Å². The van der Waals surface area contributed by atoms with Gasteiger partial charge >= 0.3 is 0 Å². The highest BCUT2D eigenvalue weighted by Gasteiger charge is 2.18. The van der Waals surface area contributed by atoms with Crippen LogP contribution < -0.4 is 5.32 Å². The van der Waals surface area contributed by atoms with Crippen molar-refractivity contribution in [2.45, 2.75) is 13.0 Å². The number of benzene rings is 1. The third-order valence-electron chi connectivity index (χ3n) is 4.62. The molecule has 1 atom stereocenters. The van der Waals surface area contributed by atoms with Gasteiger partial charge in [0.25, 0.3) is 5.69 Å². The molecule has 0 aliphatic carbocycles. The zero-order chi connectivity index (χ0) is 22.0. The largest absolute Gasteiger partial charge is 0.362 e. The maximum absolute atomic E-state index is 10.8. The van der Waals surface area contributed by atoms with E-state index >= 15 is 0 Å². The Morgan fingerprint density at radius 3 is 2.55 bits per heavy atom. The Bertz CT molecular complexity index is 1230. The first-order valence-electron chi connectivity index (χ1n) is 9.25. The molecule has 0 amide bonds. The van der Waals surface area contributed by atoms with Gasteiger partial charge in [-0.3, -0.25) is 10.1 Å². The molecule has 2 N–H and O–H groups in total. The number of hydrogen-bond acceptors (Lipinski definition) is 6. The van der Waals surface area contributed by atoms with Gasteiger partial charge in [-0.2, -0.15) is 0 Å². The predicted molar refractivity (Wildman–Crippen MR) is 120 cm³/mol. The van der Waals surface area contributed by atoms with E-state index in [-0.39, 0.29) is 11.7 Å². The van der Waals surface area contributed by atoms with Crippen LogP contribution in [0.3, 0.4) is 0 Å². The molecular weight excluding hydrogens is 439 g/mol. The molecule has 0 saturated carbocycles. The highest BCUT2D eigenvalue weighted by Crippen LogP contribution is 2.36. The third kappa shape index (κ3) is 4.50. The summed E-state index contributed by atoms with van der Waals surface area (Å²) < 4.78 is 0. The average molecular weight is 455 g/mol. The summed E-state index contributed by atoms with van der Waals surface area (Å²) in [5.41, 5.74) is 2.83. The number of hydrogen-bond donors (Lipinski definition) is 2. The Labute approximate surface area is 187 Å². The molecule has 0 aliphatic heterocycles. The monoisotopic (exact) mass is 454 g/mol. The Morgan fingerprint density at radius 2 is 1.90 bits per heavy atom. The molecule has 3 heterocycles. The van der Waals surface area contributed by atoms with Crippen molar-refractivity contribution in [1.29, 1.82) is 0 Å². The van der Waals surface area contributed by atoms with Crippen LogP contribution in [-0.4, -0.2) is 24.9 Å². The highest BCUT2D eigenvalue weighted by atomic mass is 35.5. The van der Waals surface area contributed by atoms with Gasteiger partial charge in [-0.15, -0.1) is 0 Å². The molecule has 4 aromatic rings. The highest BCUT2D eigenvalue weighted by molar-refractivity contribution is 6.36. The number of H-pyrrole nitrogens is 1. The minimum Gasteiger partial charge on any atom is -0.362 e. The van der Waals surface area contributed by atoms with Crippen LogP contribution in [0.2, 0.25) is 10.0 Å². The summed E-state index contributed by atoms with van der Waals surface area (Å²) in [5.74, 6) is 1.17. The number of halogens is 2. The molecule has 0 aliphatic rings. The van der Waals surface area contributed by atoms with E-state index in [0.29, 0.717) is 27.4 Å². The summed E-state index contributed by atoms with van der Waals surface area (Å²) in [6, 6.07) is 11.8. The molecule has 0 saturated heterocycles. The van der Waals surface area contributed by atoms with Crippen molar-refractivity contribution in [1.82, 2.24) is 19.9 Å². The summed E-state index contributed by atoms with van der Waals surface area (Å²) >= 11 is 12.5. The fourth-order valence-electron chi connectivity index (χ4n) is 3.08. The lowest BCUT2D eigenvalue weighted by Crippen LogP contribution is -2.10. The maximum atomic E-state index is 10.8. The van der Waals surface area contributed by atoms with E-state index in [2.05, 4.69) is 20.3 Å². The second-order valence-electron chi connectivity index (χ2n) is 6.72. The minimum atomic E-state index is -0.489. The number of anilines is 1. The normalized spacial score (nSPS) is 11.8. The standard InChI is InChI=1S/C21H16Cl2N6O2/c1-12(27-19-7-3-14(11-26-19)29(30)31)18-6-5-16(21-24-8-9-25-21)20(28-18)15-4-2-13(22)10-17(15)23/h2-12H,1H3,(H,24,25)(H,26,27). The maximum Gasteiger partial charge on any atom is 0.287 e. The number of nitro groups is 1. The molecule has 0 bridgehead atoms. The van der Waals surface area contributed by atoms with Crippen molar-refractivity contribution in [3.05, 3.63) is 86.9 Å². The zero-order valence-corrected chi connectivity index (χ0v) is 17.7. The van der Waals surface area contributed by atoms with Crippen LogP contribution in [0, 0.1) is 10.1 Å². The molecule has 4 rings (SSSR count). The number of pyridine rings is 2. The molecule has 156 valence electrons. The van der Waals surface area contributed by atoms with Crippen LogP contribution in [0.25, 0.3) is 22.6 Å². The molecule has 10 heteroatoms. The van der Waals surface area contributed by atoms with Crippen molar-refractivity contribution >= 4 is 34.7 Å². The fourth-order valence-corrected chi connectivity index (χ4v) is 3.58. The van der Waals surface area contributed by atoms with Crippen molar-refractivity contribution in [3.8, 4) is 22.6 Å². The molecule has 0 spiro atoms. The Balaban J connectivity index is 1.71. The van der Waals surface area contributed by atoms with Crippen molar-refractivity contribution in [2.24, 2.45) is 0 Å². The van der Waals surface area contributed by atoms with Gasteiger partial charge in [0.05, 0.1) is 27.4 Å². The molecule has 3 aromatic heterocycles. The van der Waals surface area contributed by atoms with Gasteiger partial charge in [-0.05, 0) is 43.3 Å². The fraction of sp³-hybridized carbons (Fsp3) is 0.0952. The summed E-state index contributed by atoms with van der Waals surface area (Å²) in [6.07, 6.45) is 4.61. The minimum absolute atomic E-state index is 0.0706. The van der Waals surface area contributed by atoms with Gasteiger partial charge in [0.1, 0.15) is 17.8 Å². The van der Waals surface area contributed by atoms with Gasteiger partial charge in [0, 0.05) is 34.6 Å². The van der Waals surface area contributed by atoms with E-state index in [0.717, 1.165) is 16.8 Å². The number of aromatic nitrogens is 4. The first kappa shape index (κ1) is 20.8. The second kappa shape index (κ2) is 8.71.